The van der Waals surface area contributed by atoms with Gasteiger partial charge in [-0.1, -0.05) is 37.0 Å². The second kappa shape index (κ2) is 8.00. The first-order valence-corrected chi connectivity index (χ1v) is 9.78. The van der Waals surface area contributed by atoms with E-state index in [9.17, 15) is 0 Å². The number of aryl methyl sites for hydroxylation is 1. The normalized spacial score (nSPS) is 11.8. The van der Waals surface area contributed by atoms with E-state index in [0.29, 0.717) is 32.1 Å². The summed E-state index contributed by atoms with van der Waals surface area (Å²) in [6, 6.07) is 7.35. The molecule has 2 aromatic heterocycles. The van der Waals surface area contributed by atoms with Gasteiger partial charge in [0.2, 0.25) is 4.77 Å². The first-order chi connectivity index (χ1) is 12.8. The minimum absolute atomic E-state index is 0.392. The zero-order valence-corrected chi connectivity index (χ0v) is 18.0. The second-order valence-electron chi connectivity index (χ2n) is 6.86. The van der Waals surface area contributed by atoms with Gasteiger partial charge in [0.25, 0.3) is 0 Å². The summed E-state index contributed by atoms with van der Waals surface area (Å²) in [6.45, 7) is 9.60. The van der Waals surface area contributed by atoms with Crippen LogP contribution in [0.2, 0.25) is 10.0 Å². The fourth-order valence-corrected chi connectivity index (χ4v) is 3.64. The maximum Gasteiger partial charge on any atom is 0.216 e. The standard InChI is InChI=1S/C19H21Cl2N5S/c1-11(2)10-25-12(3)7-14(13(25)4)9-22-26-18(23-24-19(26)27)16-6-5-15(20)8-17(16)21/h5-9,11H,10H2,1-4H3,(H,24,27)/b22-9+. The molecule has 0 spiro atoms. The Morgan fingerprint density at radius 1 is 1.26 bits per heavy atom. The molecule has 0 unspecified atom stereocenters. The van der Waals surface area contributed by atoms with Gasteiger partial charge >= 0.3 is 0 Å². The van der Waals surface area contributed by atoms with Crippen LogP contribution < -0.4 is 0 Å². The number of aromatic amines is 1. The van der Waals surface area contributed by atoms with Crippen molar-refractivity contribution in [1.82, 2.24) is 19.4 Å². The molecule has 1 N–H and O–H groups in total. The van der Waals surface area contributed by atoms with Gasteiger partial charge in [0.15, 0.2) is 5.82 Å². The third-order valence-electron chi connectivity index (χ3n) is 4.30. The predicted molar refractivity (Wildman–Crippen MR) is 115 cm³/mol. The third-order valence-corrected chi connectivity index (χ3v) is 5.11. The Labute approximate surface area is 173 Å². The molecule has 5 nitrogen and oxygen atoms in total. The van der Waals surface area contributed by atoms with Gasteiger partial charge in [-0.2, -0.15) is 14.9 Å². The molecular formula is C19H21Cl2N5S. The Morgan fingerprint density at radius 3 is 2.67 bits per heavy atom. The lowest BCUT2D eigenvalue weighted by Crippen LogP contribution is -2.08. The maximum absolute atomic E-state index is 6.32. The highest BCUT2D eigenvalue weighted by Gasteiger charge is 2.13. The highest BCUT2D eigenvalue weighted by atomic mass is 35.5. The minimum atomic E-state index is 0.392. The molecule has 0 amide bonds. The Bertz CT molecular complexity index is 1060. The summed E-state index contributed by atoms with van der Waals surface area (Å²) < 4.78 is 4.26. The smallest absolute Gasteiger partial charge is 0.216 e. The molecule has 0 aliphatic carbocycles. The monoisotopic (exact) mass is 421 g/mol. The fourth-order valence-electron chi connectivity index (χ4n) is 2.97. The van der Waals surface area contributed by atoms with Gasteiger partial charge in [-0.25, -0.2) is 5.10 Å². The number of rotatable bonds is 5. The van der Waals surface area contributed by atoms with Crippen molar-refractivity contribution in [2.75, 3.05) is 0 Å². The molecule has 142 valence electrons. The first-order valence-electron chi connectivity index (χ1n) is 8.62. The summed E-state index contributed by atoms with van der Waals surface area (Å²) >= 11 is 17.6. The summed E-state index contributed by atoms with van der Waals surface area (Å²) in [5.41, 5.74) is 4.13. The lowest BCUT2D eigenvalue weighted by atomic mass is 10.2. The molecule has 0 fully saturated rings. The van der Waals surface area contributed by atoms with E-state index in [1.165, 1.54) is 11.4 Å². The lowest BCUT2D eigenvalue weighted by molar-refractivity contribution is 0.509. The zero-order chi connectivity index (χ0) is 19.7. The molecule has 27 heavy (non-hydrogen) atoms. The second-order valence-corrected chi connectivity index (χ2v) is 8.09. The fraction of sp³-hybridized carbons (Fsp3) is 0.316. The van der Waals surface area contributed by atoms with Crippen molar-refractivity contribution in [2.24, 2.45) is 11.0 Å². The lowest BCUT2D eigenvalue weighted by Gasteiger charge is -2.11. The van der Waals surface area contributed by atoms with Crippen LogP contribution in [0.4, 0.5) is 0 Å². The Kier molecular flexibility index (Phi) is 5.89. The number of H-pyrrole nitrogens is 1. The number of halogens is 2. The van der Waals surface area contributed by atoms with E-state index in [1.54, 1.807) is 29.1 Å². The van der Waals surface area contributed by atoms with Gasteiger partial charge in [-0.3, -0.25) is 0 Å². The van der Waals surface area contributed by atoms with Crippen molar-refractivity contribution in [2.45, 2.75) is 34.2 Å². The van der Waals surface area contributed by atoms with Crippen LogP contribution in [0.25, 0.3) is 11.4 Å². The van der Waals surface area contributed by atoms with Crippen molar-refractivity contribution in [3.63, 3.8) is 0 Å². The van der Waals surface area contributed by atoms with Crippen molar-refractivity contribution in [3.05, 3.63) is 56.0 Å². The van der Waals surface area contributed by atoms with Crippen LogP contribution in [0.15, 0.2) is 29.4 Å². The van der Waals surface area contributed by atoms with Crippen LogP contribution in [-0.2, 0) is 6.54 Å². The minimum Gasteiger partial charge on any atom is -0.348 e. The molecule has 3 aromatic rings. The van der Waals surface area contributed by atoms with Gasteiger partial charge in [0.1, 0.15) is 0 Å². The molecule has 0 atom stereocenters. The molecule has 0 saturated carbocycles. The van der Waals surface area contributed by atoms with E-state index in [1.807, 2.05) is 0 Å². The molecule has 0 saturated heterocycles. The maximum atomic E-state index is 6.32. The average molecular weight is 422 g/mol. The summed E-state index contributed by atoms with van der Waals surface area (Å²) in [5, 5.41) is 12.7. The Balaban J connectivity index is 2.00. The third kappa shape index (κ3) is 4.18. The van der Waals surface area contributed by atoms with E-state index < -0.39 is 0 Å². The van der Waals surface area contributed by atoms with E-state index in [2.05, 4.69) is 53.6 Å². The molecule has 0 radical (unpaired) electrons. The van der Waals surface area contributed by atoms with Crippen molar-refractivity contribution in [1.29, 1.82) is 0 Å². The topological polar surface area (TPSA) is 50.9 Å². The molecule has 0 bridgehead atoms. The predicted octanol–water partition coefficient (Wildman–Crippen LogP) is 5.87. The van der Waals surface area contributed by atoms with Crippen LogP contribution in [0.5, 0.6) is 0 Å². The zero-order valence-electron chi connectivity index (χ0n) is 15.6. The number of nitrogens with zero attached hydrogens (tertiary/aromatic N) is 4. The van der Waals surface area contributed by atoms with Crippen LogP contribution in [0.3, 0.4) is 0 Å². The highest BCUT2D eigenvalue weighted by Crippen LogP contribution is 2.29. The van der Waals surface area contributed by atoms with Gasteiger partial charge in [0.05, 0.1) is 11.2 Å². The number of nitrogens with one attached hydrogen (secondary N) is 1. The van der Waals surface area contributed by atoms with Crippen molar-refractivity contribution >= 4 is 41.6 Å². The van der Waals surface area contributed by atoms with E-state index in [0.717, 1.165) is 12.1 Å². The summed E-state index contributed by atoms with van der Waals surface area (Å²) in [5.74, 6) is 1.11. The van der Waals surface area contributed by atoms with Gasteiger partial charge in [-0.05, 0) is 56.2 Å². The average Bonchev–Trinajstić information content (AvgIpc) is 3.07. The molecule has 8 heteroatoms. The molecular weight excluding hydrogens is 401 g/mol. The number of benzene rings is 1. The first kappa shape index (κ1) is 19.9. The van der Waals surface area contributed by atoms with Crippen LogP contribution in [0.1, 0.15) is 30.8 Å². The van der Waals surface area contributed by atoms with Crippen LogP contribution in [0, 0.1) is 24.5 Å². The number of hydrogen-bond donors (Lipinski definition) is 1. The number of aromatic nitrogens is 4. The summed E-state index contributed by atoms with van der Waals surface area (Å²) in [4.78, 5) is 0. The van der Waals surface area contributed by atoms with Gasteiger partial charge in [0, 0.05) is 34.1 Å². The Morgan fingerprint density at radius 2 is 2.00 bits per heavy atom. The molecule has 1 aromatic carbocycles. The molecule has 0 aliphatic heterocycles. The van der Waals surface area contributed by atoms with Gasteiger partial charge in [-0.15, -0.1) is 0 Å². The van der Waals surface area contributed by atoms with Crippen LogP contribution >= 0.6 is 35.4 Å². The summed E-state index contributed by atoms with van der Waals surface area (Å²) in [7, 11) is 0. The quantitative estimate of drug-likeness (QED) is 0.413. The van der Waals surface area contributed by atoms with E-state index >= 15 is 0 Å². The molecule has 0 aliphatic rings. The SMILES string of the molecule is Cc1cc(/C=N/n2c(-c3ccc(Cl)cc3Cl)n[nH]c2=S)c(C)n1CC(C)C. The molecule has 2 heterocycles. The highest BCUT2D eigenvalue weighted by molar-refractivity contribution is 7.71. The van der Waals surface area contributed by atoms with Gasteiger partial charge < -0.3 is 4.57 Å². The Hall–Kier alpha value is -1.89. The summed E-state index contributed by atoms with van der Waals surface area (Å²) in [6.07, 6.45) is 1.80. The van der Waals surface area contributed by atoms with E-state index in [-0.39, 0.29) is 0 Å². The van der Waals surface area contributed by atoms with Crippen molar-refractivity contribution in [3.8, 4) is 11.4 Å². The van der Waals surface area contributed by atoms with Crippen molar-refractivity contribution < 1.29 is 0 Å². The molecule has 3 rings (SSSR count). The number of hydrogen-bond acceptors (Lipinski definition) is 3. The van der Waals surface area contributed by atoms with Crippen LogP contribution in [-0.4, -0.2) is 25.7 Å². The largest absolute Gasteiger partial charge is 0.348 e. The van der Waals surface area contributed by atoms with E-state index in [4.69, 9.17) is 35.4 Å².